The first-order chi connectivity index (χ1) is 14.5. The minimum atomic E-state index is -0.202. The Bertz CT molecular complexity index is 967. The number of aromatic amines is 1. The van der Waals surface area contributed by atoms with Crippen molar-refractivity contribution in [3.05, 3.63) is 52.4 Å². The molecule has 0 aliphatic carbocycles. The molecule has 158 valence electrons. The Kier molecular flexibility index (Phi) is 6.08. The number of carbonyl (C=O) groups excluding carboxylic acids is 1. The third-order valence-corrected chi connectivity index (χ3v) is 5.96. The van der Waals surface area contributed by atoms with Gasteiger partial charge in [-0.3, -0.25) is 4.79 Å². The normalized spacial score (nSPS) is 18.5. The van der Waals surface area contributed by atoms with Crippen LogP contribution in [-0.2, 0) is 11.2 Å². The Morgan fingerprint density at radius 1 is 1.20 bits per heavy atom. The maximum atomic E-state index is 12.5. The third kappa shape index (κ3) is 4.21. The highest BCUT2D eigenvalue weighted by molar-refractivity contribution is 6.33. The molecule has 0 aromatic carbocycles. The Morgan fingerprint density at radius 2 is 1.93 bits per heavy atom. The van der Waals surface area contributed by atoms with E-state index in [1.165, 1.54) is 49.1 Å². The SMILES string of the molecule is Cc1[nH]c(C=C2C(=O)NN=C2c2cncnc2)c(C(C)C)c1CCCN1CCCC1. The molecule has 0 saturated carbocycles. The highest BCUT2D eigenvalue weighted by Gasteiger charge is 2.26. The summed E-state index contributed by atoms with van der Waals surface area (Å²) < 4.78 is 0. The van der Waals surface area contributed by atoms with Crippen molar-refractivity contribution in [2.75, 3.05) is 19.6 Å². The molecule has 1 fully saturated rings. The molecule has 7 nitrogen and oxygen atoms in total. The largest absolute Gasteiger partial charge is 0.359 e. The van der Waals surface area contributed by atoms with Gasteiger partial charge in [0.05, 0.1) is 5.57 Å². The quantitative estimate of drug-likeness (QED) is 0.692. The minimum Gasteiger partial charge on any atom is -0.359 e. The van der Waals surface area contributed by atoms with Crippen molar-refractivity contribution in [3.63, 3.8) is 0 Å². The van der Waals surface area contributed by atoms with Crippen LogP contribution in [0.1, 0.15) is 67.1 Å². The molecule has 2 aliphatic rings. The van der Waals surface area contributed by atoms with E-state index in [1.54, 1.807) is 12.4 Å². The van der Waals surface area contributed by atoms with Gasteiger partial charge in [-0.15, -0.1) is 0 Å². The lowest BCUT2D eigenvalue weighted by Crippen LogP contribution is -2.20. The maximum absolute atomic E-state index is 12.5. The fourth-order valence-corrected chi connectivity index (χ4v) is 4.54. The molecule has 2 aromatic rings. The first-order valence-electron chi connectivity index (χ1n) is 10.8. The molecule has 0 radical (unpaired) electrons. The zero-order valence-electron chi connectivity index (χ0n) is 18.0. The highest BCUT2D eigenvalue weighted by Crippen LogP contribution is 2.30. The summed E-state index contributed by atoms with van der Waals surface area (Å²) in [6.07, 6.45) is 11.6. The van der Waals surface area contributed by atoms with E-state index in [9.17, 15) is 4.79 Å². The number of carbonyl (C=O) groups is 1. The predicted octanol–water partition coefficient (Wildman–Crippen LogP) is 3.18. The molecule has 2 N–H and O–H groups in total. The molecule has 30 heavy (non-hydrogen) atoms. The standard InChI is InChI=1S/C23H30N6O/c1-15(2)21-18(7-6-10-29-8-4-5-9-29)16(3)26-20(21)11-19-22(27-28-23(19)30)17-12-24-14-25-13-17/h11-15,26H,4-10H2,1-3H3,(H,28,30). The first-order valence-corrected chi connectivity index (χ1v) is 10.8. The Hall–Kier alpha value is -2.80. The van der Waals surface area contributed by atoms with Gasteiger partial charge in [0.2, 0.25) is 0 Å². The van der Waals surface area contributed by atoms with E-state index in [4.69, 9.17) is 0 Å². The van der Waals surface area contributed by atoms with Crippen LogP contribution in [-0.4, -0.2) is 51.1 Å². The molecular formula is C23H30N6O. The Balaban J connectivity index is 1.61. The minimum absolute atomic E-state index is 0.202. The average molecular weight is 407 g/mol. The second-order valence-corrected chi connectivity index (χ2v) is 8.45. The number of hydrazone groups is 1. The van der Waals surface area contributed by atoms with Crippen molar-refractivity contribution in [1.29, 1.82) is 0 Å². The summed E-state index contributed by atoms with van der Waals surface area (Å²) >= 11 is 0. The zero-order chi connectivity index (χ0) is 21.1. The zero-order valence-corrected chi connectivity index (χ0v) is 18.0. The summed E-state index contributed by atoms with van der Waals surface area (Å²) in [7, 11) is 0. The van der Waals surface area contributed by atoms with Crippen LogP contribution in [0, 0.1) is 6.92 Å². The molecule has 4 rings (SSSR count). The van der Waals surface area contributed by atoms with Gasteiger partial charge in [0.25, 0.3) is 5.91 Å². The second kappa shape index (κ2) is 8.92. The van der Waals surface area contributed by atoms with Crippen molar-refractivity contribution in [2.45, 2.75) is 52.4 Å². The van der Waals surface area contributed by atoms with Crippen LogP contribution >= 0.6 is 0 Å². The van der Waals surface area contributed by atoms with Crippen molar-refractivity contribution in [3.8, 4) is 0 Å². The summed E-state index contributed by atoms with van der Waals surface area (Å²) in [5.41, 5.74) is 9.29. The number of nitrogens with zero attached hydrogens (tertiary/aromatic N) is 4. The number of nitrogens with one attached hydrogen (secondary N) is 2. The lowest BCUT2D eigenvalue weighted by Gasteiger charge is -2.15. The number of aromatic nitrogens is 3. The van der Waals surface area contributed by atoms with Crippen molar-refractivity contribution in [1.82, 2.24) is 25.3 Å². The van der Waals surface area contributed by atoms with Crippen molar-refractivity contribution in [2.24, 2.45) is 5.10 Å². The van der Waals surface area contributed by atoms with Crippen LogP contribution in [0.25, 0.3) is 6.08 Å². The Morgan fingerprint density at radius 3 is 2.63 bits per heavy atom. The fraction of sp³-hybridized carbons (Fsp3) is 0.478. The first kappa shape index (κ1) is 20.5. The van der Waals surface area contributed by atoms with E-state index in [1.807, 2.05) is 6.08 Å². The average Bonchev–Trinajstić information content (AvgIpc) is 3.44. The van der Waals surface area contributed by atoms with E-state index in [0.29, 0.717) is 17.2 Å². The highest BCUT2D eigenvalue weighted by atomic mass is 16.2. The number of likely N-dealkylation sites (tertiary alicyclic amines) is 1. The summed E-state index contributed by atoms with van der Waals surface area (Å²) in [5, 5.41) is 4.21. The van der Waals surface area contributed by atoms with Gasteiger partial charge in [-0.1, -0.05) is 13.8 Å². The summed E-state index contributed by atoms with van der Waals surface area (Å²) in [6, 6.07) is 0. The predicted molar refractivity (Wildman–Crippen MR) is 118 cm³/mol. The number of hydrogen-bond acceptors (Lipinski definition) is 5. The molecular weight excluding hydrogens is 376 g/mol. The summed E-state index contributed by atoms with van der Waals surface area (Å²) in [4.78, 5) is 26.7. The van der Waals surface area contributed by atoms with Crippen LogP contribution in [0.2, 0.25) is 0 Å². The molecule has 0 unspecified atom stereocenters. The molecule has 0 bridgehead atoms. The second-order valence-electron chi connectivity index (χ2n) is 8.45. The summed E-state index contributed by atoms with van der Waals surface area (Å²) in [6.45, 7) is 10.2. The van der Waals surface area contributed by atoms with Crippen LogP contribution in [0.3, 0.4) is 0 Å². The number of H-pyrrole nitrogens is 1. The molecule has 0 atom stereocenters. The molecule has 0 spiro atoms. The molecule has 1 amide bonds. The molecule has 2 aromatic heterocycles. The molecule has 2 aliphatic heterocycles. The van der Waals surface area contributed by atoms with Crippen molar-refractivity contribution >= 4 is 17.7 Å². The van der Waals surface area contributed by atoms with E-state index in [0.717, 1.165) is 30.6 Å². The fourth-order valence-electron chi connectivity index (χ4n) is 4.54. The number of rotatable bonds is 7. The van der Waals surface area contributed by atoms with Gasteiger partial charge in [0.15, 0.2) is 0 Å². The van der Waals surface area contributed by atoms with Crippen molar-refractivity contribution < 1.29 is 4.79 Å². The van der Waals surface area contributed by atoms with E-state index in [-0.39, 0.29) is 5.91 Å². The molecule has 4 heterocycles. The monoisotopic (exact) mass is 406 g/mol. The van der Waals surface area contributed by atoms with Crippen LogP contribution < -0.4 is 5.43 Å². The van der Waals surface area contributed by atoms with Gasteiger partial charge < -0.3 is 9.88 Å². The van der Waals surface area contributed by atoms with Gasteiger partial charge in [-0.25, -0.2) is 15.4 Å². The van der Waals surface area contributed by atoms with Gasteiger partial charge >= 0.3 is 0 Å². The third-order valence-electron chi connectivity index (χ3n) is 5.96. The van der Waals surface area contributed by atoms with Crippen LogP contribution in [0.5, 0.6) is 0 Å². The number of hydrogen-bond donors (Lipinski definition) is 2. The lowest BCUT2D eigenvalue weighted by molar-refractivity contribution is -0.116. The van der Waals surface area contributed by atoms with E-state index >= 15 is 0 Å². The van der Waals surface area contributed by atoms with Gasteiger partial charge in [-0.2, -0.15) is 5.10 Å². The van der Waals surface area contributed by atoms with Crippen LogP contribution in [0.15, 0.2) is 29.4 Å². The lowest BCUT2D eigenvalue weighted by atomic mass is 9.93. The maximum Gasteiger partial charge on any atom is 0.273 e. The molecule has 7 heteroatoms. The van der Waals surface area contributed by atoms with E-state index in [2.05, 4.69) is 51.2 Å². The van der Waals surface area contributed by atoms with Gasteiger partial charge in [-0.05, 0) is 75.4 Å². The molecule has 1 saturated heterocycles. The van der Waals surface area contributed by atoms with Gasteiger partial charge in [0, 0.05) is 29.3 Å². The number of amides is 1. The van der Waals surface area contributed by atoms with Crippen LogP contribution in [0.4, 0.5) is 0 Å². The number of aryl methyl sites for hydroxylation is 1. The van der Waals surface area contributed by atoms with Gasteiger partial charge in [0.1, 0.15) is 12.0 Å². The summed E-state index contributed by atoms with van der Waals surface area (Å²) in [5.74, 6) is 0.153. The topological polar surface area (TPSA) is 86.3 Å². The Labute approximate surface area is 177 Å². The van der Waals surface area contributed by atoms with E-state index < -0.39 is 0 Å². The smallest absolute Gasteiger partial charge is 0.273 e.